The Hall–Kier alpha value is -1.14. The summed E-state index contributed by atoms with van der Waals surface area (Å²) < 4.78 is 4.83. The van der Waals surface area contributed by atoms with E-state index in [9.17, 15) is 24.6 Å². The highest BCUT2D eigenvalue weighted by molar-refractivity contribution is 9.09. The van der Waals surface area contributed by atoms with Crippen molar-refractivity contribution >= 4 is 57.7 Å². The van der Waals surface area contributed by atoms with Gasteiger partial charge in [-0.1, -0.05) is 22.0 Å². The number of thiophene rings is 1. The van der Waals surface area contributed by atoms with Crippen molar-refractivity contribution in [2.24, 2.45) is 0 Å². The summed E-state index contributed by atoms with van der Waals surface area (Å²) in [6, 6.07) is 2.44. The highest BCUT2D eigenvalue weighted by Gasteiger charge is 2.54. The van der Waals surface area contributed by atoms with Gasteiger partial charge in [0.05, 0.1) is 18.2 Å². The van der Waals surface area contributed by atoms with Gasteiger partial charge in [-0.05, 0) is 11.4 Å². The smallest absolute Gasteiger partial charge is 0.361 e. The number of thiol groups is 1. The number of amides is 1. The molecule has 0 spiro atoms. The molecule has 1 saturated heterocycles. The van der Waals surface area contributed by atoms with Crippen molar-refractivity contribution in [2.75, 3.05) is 11.1 Å². The number of nitrogens with one attached hydrogen (secondary N) is 1. The SMILES string of the molecule is O=C(Cc1cccs1)NC1C(O)N(C(OC(=O)CS)C(=O)O)C1CBr. The van der Waals surface area contributed by atoms with Crippen LogP contribution in [0.4, 0.5) is 0 Å². The van der Waals surface area contributed by atoms with E-state index in [1.807, 2.05) is 17.5 Å². The van der Waals surface area contributed by atoms with Gasteiger partial charge in [0.25, 0.3) is 6.23 Å². The fourth-order valence-corrected chi connectivity index (χ4v) is 4.05. The fraction of sp³-hybridized carbons (Fsp3) is 0.500. The number of nitrogens with zero attached hydrogens (tertiary/aromatic N) is 1. The number of carboxylic acids is 1. The molecule has 0 radical (unpaired) electrons. The van der Waals surface area contributed by atoms with Gasteiger partial charge in [0.1, 0.15) is 6.23 Å². The Bertz CT molecular complexity index is 629. The summed E-state index contributed by atoms with van der Waals surface area (Å²) in [5.41, 5.74) is 0. The van der Waals surface area contributed by atoms with Crippen molar-refractivity contribution < 1.29 is 29.3 Å². The number of alkyl halides is 1. The first kappa shape index (κ1) is 20.2. The fourth-order valence-electron chi connectivity index (χ4n) is 2.53. The molecule has 0 bridgehead atoms. The Labute approximate surface area is 161 Å². The van der Waals surface area contributed by atoms with Crippen LogP contribution in [0.2, 0.25) is 0 Å². The average Bonchev–Trinajstić information content (AvgIpc) is 3.08. The molecular weight excluding hydrogens is 436 g/mol. The summed E-state index contributed by atoms with van der Waals surface area (Å²) in [7, 11) is 0. The predicted octanol–water partition coefficient (Wildman–Crippen LogP) is 0.0566. The number of carboxylic acid groups (broad SMARTS) is 1. The second-order valence-electron chi connectivity index (χ2n) is 5.27. The van der Waals surface area contributed by atoms with Crippen LogP contribution in [0.25, 0.3) is 0 Å². The quantitative estimate of drug-likeness (QED) is 0.250. The molecule has 2 rings (SSSR count). The summed E-state index contributed by atoms with van der Waals surface area (Å²) in [6.45, 7) is 0. The molecule has 1 aliphatic rings. The van der Waals surface area contributed by atoms with E-state index >= 15 is 0 Å². The number of aliphatic carboxylic acids is 1. The van der Waals surface area contributed by atoms with E-state index in [1.165, 1.54) is 11.3 Å². The lowest BCUT2D eigenvalue weighted by Crippen LogP contribution is -2.77. The van der Waals surface area contributed by atoms with Gasteiger partial charge in [0.2, 0.25) is 5.91 Å². The van der Waals surface area contributed by atoms with Crippen LogP contribution >= 0.6 is 39.9 Å². The molecule has 1 aliphatic heterocycles. The number of ether oxygens (including phenoxy) is 1. The van der Waals surface area contributed by atoms with Gasteiger partial charge in [-0.3, -0.25) is 9.59 Å². The highest BCUT2D eigenvalue weighted by atomic mass is 79.9. The predicted molar refractivity (Wildman–Crippen MR) is 96.8 cm³/mol. The number of halogens is 1. The molecule has 1 amide bonds. The van der Waals surface area contributed by atoms with Gasteiger partial charge in [-0.25, -0.2) is 9.69 Å². The zero-order valence-corrected chi connectivity index (χ0v) is 16.2. The van der Waals surface area contributed by atoms with Gasteiger partial charge in [-0.15, -0.1) is 11.3 Å². The number of aliphatic hydroxyl groups excluding tert-OH is 1. The molecule has 1 fully saturated rings. The number of likely N-dealkylation sites (tertiary alicyclic amines) is 1. The van der Waals surface area contributed by atoms with E-state index in [4.69, 9.17) is 4.74 Å². The zero-order chi connectivity index (χ0) is 18.6. The summed E-state index contributed by atoms with van der Waals surface area (Å²) in [6.07, 6.45) is -2.77. The summed E-state index contributed by atoms with van der Waals surface area (Å²) in [4.78, 5) is 36.8. The first-order valence-electron chi connectivity index (χ1n) is 7.25. The van der Waals surface area contributed by atoms with Crippen LogP contribution in [0.5, 0.6) is 0 Å². The average molecular weight is 453 g/mol. The third-order valence-electron chi connectivity index (χ3n) is 3.68. The summed E-state index contributed by atoms with van der Waals surface area (Å²) in [5, 5.41) is 24.4. The molecule has 3 N–H and O–H groups in total. The van der Waals surface area contributed by atoms with Crippen LogP contribution in [0.1, 0.15) is 4.88 Å². The molecule has 1 aromatic heterocycles. The lowest BCUT2D eigenvalue weighted by atomic mass is 9.94. The Morgan fingerprint density at radius 1 is 1.48 bits per heavy atom. The third kappa shape index (κ3) is 4.73. The van der Waals surface area contributed by atoms with Crippen LogP contribution in [0, 0.1) is 0 Å². The van der Waals surface area contributed by atoms with Crippen LogP contribution < -0.4 is 5.32 Å². The molecule has 0 saturated carbocycles. The minimum Gasteiger partial charge on any atom is -0.477 e. The van der Waals surface area contributed by atoms with Gasteiger partial charge >= 0.3 is 11.9 Å². The molecule has 1 aromatic rings. The van der Waals surface area contributed by atoms with Gasteiger partial charge in [-0.2, -0.15) is 12.6 Å². The van der Waals surface area contributed by atoms with E-state index in [-0.39, 0.29) is 23.4 Å². The largest absolute Gasteiger partial charge is 0.477 e. The van der Waals surface area contributed by atoms with Crippen molar-refractivity contribution in [3.63, 3.8) is 0 Å². The monoisotopic (exact) mass is 452 g/mol. The molecule has 0 aromatic carbocycles. The second-order valence-corrected chi connectivity index (χ2v) is 7.27. The molecule has 4 unspecified atom stereocenters. The topological polar surface area (TPSA) is 116 Å². The van der Waals surface area contributed by atoms with E-state index < -0.39 is 36.5 Å². The molecule has 11 heteroatoms. The van der Waals surface area contributed by atoms with Crippen LogP contribution in [0.3, 0.4) is 0 Å². The first-order chi connectivity index (χ1) is 11.9. The van der Waals surface area contributed by atoms with Crippen molar-refractivity contribution in [1.82, 2.24) is 10.2 Å². The minimum atomic E-state index is -1.65. The maximum Gasteiger partial charge on any atom is 0.361 e. The zero-order valence-electron chi connectivity index (χ0n) is 12.9. The van der Waals surface area contributed by atoms with Gasteiger partial charge in [0, 0.05) is 16.2 Å². The number of hydrogen-bond acceptors (Lipinski definition) is 8. The van der Waals surface area contributed by atoms with Crippen LogP contribution in [-0.2, 0) is 25.5 Å². The van der Waals surface area contributed by atoms with Crippen molar-refractivity contribution in [2.45, 2.75) is 31.0 Å². The van der Waals surface area contributed by atoms with Crippen molar-refractivity contribution in [3.05, 3.63) is 22.4 Å². The van der Waals surface area contributed by atoms with Crippen LogP contribution in [-0.4, -0.2) is 68.6 Å². The summed E-state index contributed by atoms with van der Waals surface area (Å²) >= 11 is 8.41. The van der Waals surface area contributed by atoms with Crippen molar-refractivity contribution in [3.8, 4) is 0 Å². The normalized spacial score (nSPS) is 24.2. The number of carbonyl (C=O) groups is 3. The highest BCUT2D eigenvalue weighted by Crippen LogP contribution is 2.30. The van der Waals surface area contributed by atoms with E-state index in [2.05, 4.69) is 33.9 Å². The summed E-state index contributed by atoms with van der Waals surface area (Å²) in [5.74, 6) is -2.80. The number of rotatable bonds is 8. The molecule has 8 nitrogen and oxygen atoms in total. The van der Waals surface area contributed by atoms with E-state index in [1.54, 1.807) is 0 Å². The molecular formula is C14H17BrN2O6S2. The van der Waals surface area contributed by atoms with E-state index in [0.29, 0.717) is 0 Å². The maximum absolute atomic E-state index is 12.1. The number of carbonyl (C=O) groups excluding carboxylic acids is 2. The Kier molecular flexibility index (Phi) is 7.25. The number of aliphatic hydroxyl groups is 1. The number of hydrogen-bond donors (Lipinski definition) is 4. The Morgan fingerprint density at radius 2 is 2.20 bits per heavy atom. The first-order valence-corrected chi connectivity index (χ1v) is 9.88. The molecule has 2 heterocycles. The van der Waals surface area contributed by atoms with Gasteiger partial charge in [0.15, 0.2) is 0 Å². The Balaban J connectivity index is 2.02. The molecule has 138 valence electrons. The van der Waals surface area contributed by atoms with E-state index in [0.717, 1.165) is 9.78 Å². The minimum absolute atomic E-state index is 0.174. The lowest BCUT2D eigenvalue weighted by Gasteiger charge is -2.53. The second kappa shape index (κ2) is 8.99. The molecule has 0 aliphatic carbocycles. The molecule has 25 heavy (non-hydrogen) atoms. The lowest BCUT2D eigenvalue weighted by molar-refractivity contribution is -0.229. The maximum atomic E-state index is 12.1. The standard InChI is InChI=1S/C14H17BrN2O6S2/c15-5-8-11(16-9(18)4-7-2-1-3-25-7)12(20)17(8)13(14(21)22)23-10(19)6-24/h1-3,8,11-13,20,24H,4-6H2,(H,16,18)(H,21,22). The third-order valence-corrected chi connectivity index (χ3v) is 5.48. The Morgan fingerprint density at radius 3 is 2.72 bits per heavy atom. The van der Waals surface area contributed by atoms with Gasteiger partial charge < -0.3 is 20.3 Å². The van der Waals surface area contributed by atoms with Crippen LogP contribution in [0.15, 0.2) is 17.5 Å². The number of esters is 1. The molecule has 4 atom stereocenters. The van der Waals surface area contributed by atoms with Crippen molar-refractivity contribution in [1.29, 1.82) is 0 Å².